The molecule has 0 saturated carbocycles. The number of rotatable bonds is 6. The molecule has 1 aliphatic rings. The van der Waals surface area contributed by atoms with Crippen molar-refractivity contribution in [3.63, 3.8) is 0 Å². The van der Waals surface area contributed by atoms with Crippen LogP contribution in [0.5, 0.6) is 0 Å². The van der Waals surface area contributed by atoms with Crippen LogP contribution in [0.4, 0.5) is 5.82 Å². The Balaban J connectivity index is 1.46. The molecule has 1 fully saturated rings. The maximum Gasteiger partial charge on any atom is 0.240 e. The minimum atomic E-state index is -3.69. The van der Waals surface area contributed by atoms with Crippen LogP contribution >= 0.6 is 0 Å². The number of anilines is 1. The van der Waals surface area contributed by atoms with E-state index in [4.69, 9.17) is 9.72 Å². The predicted octanol–water partition coefficient (Wildman–Crippen LogP) is 3.78. The summed E-state index contributed by atoms with van der Waals surface area (Å²) < 4.78 is 34.4. The molecule has 35 heavy (non-hydrogen) atoms. The van der Waals surface area contributed by atoms with E-state index in [-0.39, 0.29) is 23.6 Å². The van der Waals surface area contributed by atoms with Gasteiger partial charge in [-0.25, -0.2) is 28.1 Å². The molecule has 0 aliphatic carbocycles. The van der Waals surface area contributed by atoms with E-state index in [2.05, 4.69) is 19.6 Å². The highest BCUT2D eigenvalue weighted by Gasteiger charge is 2.25. The van der Waals surface area contributed by atoms with Gasteiger partial charge in [0.25, 0.3) is 0 Å². The summed E-state index contributed by atoms with van der Waals surface area (Å²) in [5, 5.41) is 0. The summed E-state index contributed by atoms with van der Waals surface area (Å²) in [5.74, 6) is 0.757. The number of nitrogens with zero attached hydrogens (tertiary/aromatic N) is 4. The van der Waals surface area contributed by atoms with Gasteiger partial charge in [-0.15, -0.1) is 0 Å². The van der Waals surface area contributed by atoms with E-state index >= 15 is 0 Å². The summed E-state index contributed by atoms with van der Waals surface area (Å²) in [6.07, 6.45) is 1.71. The van der Waals surface area contributed by atoms with Crippen LogP contribution in [-0.4, -0.2) is 48.7 Å². The highest BCUT2D eigenvalue weighted by molar-refractivity contribution is 7.89. The Morgan fingerprint density at radius 1 is 0.971 bits per heavy atom. The second-order valence-electron chi connectivity index (χ2n) is 8.76. The monoisotopic (exact) mass is 489 g/mol. The van der Waals surface area contributed by atoms with E-state index in [0.29, 0.717) is 29.9 Å². The second-order valence-corrected chi connectivity index (χ2v) is 10.5. The highest BCUT2D eigenvalue weighted by Crippen LogP contribution is 2.28. The number of morpholine rings is 1. The third kappa shape index (κ3) is 5.17. The summed E-state index contributed by atoms with van der Waals surface area (Å²) in [4.78, 5) is 16.1. The van der Waals surface area contributed by atoms with Crippen molar-refractivity contribution in [1.82, 2.24) is 19.7 Å². The minimum absolute atomic E-state index is 0.0808. The zero-order valence-electron chi connectivity index (χ0n) is 19.6. The normalized spacial score (nSPS) is 18.6. The molecule has 8 nitrogen and oxygen atoms in total. The fraction of sp³-hybridized carbons (Fsp3) is 0.269. The molecule has 9 heteroatoms. The van der Waals surface area contributed by atoms with Crippen LogP contribution in [0.15, 0.2) is 78.0 Å². The summed E-state index contributed by atoms with van der Waals surface area (Å²) >= 11 is 0. The number of sulfonamides is 1. The SMILES string of the molecule is C[C@@H]1CN(c2ncnc3ccc(-c4cccc(S(=O)(=O)NCc5ccccc5)c4)nc23)C[C@H](C)O1. The zero-order valence-corrected chi connectivity index (χ0v) is 20.4. The number of nitrogens with one attached hydrogen (secondary N) is 1. The zero-order chi connectivity index (χ0) is 24.4. The van der Waals surface area contributed by atoms with Gasteiger partial charge < -0.3 is 9.64 Å². The number of fused-ring (bicyclic) bond motifs is 1. The topological polar surface area (TPSA) is 97.3 Å². The molecule has 1 saturated heterocycles. The lowest BCUT2D eigenvalue weighted by molar-refractivity contribution is -0.00538. The molecule has 0 unspecified atom stereocenters. The molecular formula is C26H27N5O3S. The Morgan fingerprint density at radius 3 is 2.51 bits per heavy atom. The summed E-state index contributed by atoms with van der Waals surface area (Å²) in [6.45, 7) is 5.73. The number of pyridine rings is 1. The molecule has 0 amide bonds. The molecule has 1 aliphatic heterocycles. The van der Waals surface area contributed by atoms with Gasteiger partial charge in [0.1, 0.15) is 11.8 Å². The first-order valence-electron chi connectivity index (χ1n) is 11.6. The second kappa shape index (κ2) is 9.69. The predicted molar refractivity (Wildman–Crippen MR) is 135 cm³/mol. The third-order valence-electron chi connectivity index (χ3n) is 5.93. The Labute approximate surface area is 205 Å². The van der Waals surface area contributed by atoms with Gasteiger partial charge in [0, 0.05) is 25.2 Å². The van der Waals surface area contributed by atoms with E-state index in [0.717, 1.165) is 16.9 Å². The lowest BCUT2D eigenvalue weighted by Crippen LogP contribution is -2.46. The van der Waals surface area contributed by atoms with Gasteiger partial charge >= 0.3 is 0 Å². The summed E-state index contributed by atoms with van der Waals surface area (Å²) in [5.41, 5.74) is 3.67. The van der Waals surface area contributed by atoms with Gasteiger partial charge in [0.2, 0.25) is 10.0 Å². The molecule has 0 bridgehead atoms. The molecule has 1 N–H and O–H groups in total. The quantitative estimate of drug-likeness (QED) is 0.440. The van der Waals surface area contributed by atoms with Crippen LogP contribution in [0.1, 0.15) is 19.4 Å². The van der Waals surface area contributed by atoms with Crippen LogP contribution in [0.2, 0.25) is 0 Å². The summed E-state index contributed by atoms with van der Waals surface area (Å²) in [7, 11) is -3.69. The fourth-order valence-electron chi connectivity index (χ4n) is 4.35. The average Bonchev–Trinajstić information content (AvgIpc) is 2.87. The standard InChI is InChI=1S/C26H27N5O3S/c1-18-15-31(16-19(2)34-18)26-25-24(27-17-28-26)12-11-23(30-25)21-9-6-10-22(13-21)35(32,33)29-14-20-7-4-3-5-8-20/h3-13,17-19,29H,14-16H2,1-2H3/t18-,19+. The van der Waals surface area contributed by atoms with Crippen molar-refractivity contribution >= 4 is 26.9 Å². The molecule has 2 atom stereocenters. The lowest BCUT2D eigenvalue weighted by Gasteiger charge is -2.36. The molecule has 2 aromatic carbocycles. The molecule has 3 heterocycles. The molecular weight excluding hydrogens is 462 g/mol. The van der Waals surface area contributed by atoms with E-state index < -0.39 is 10.0 Å². The Bertz CT molecular complexity index is 1440. The van der Waals surface area contributed by atoms with Crippen LogP contribution in [0.25, 0.3) is 22.3 Å². The number of hydrogen-bond donors (Lipinski definition) is 1. The van der Waals surface area contributed by atoms with Gasteiger partial charge in [0.15, 0.2) is 5.82 Å². The molecule has 180 valence electrons. The Morgan fingerprint density at radius 2 is 1.74 bits per heavy atom. The van der Waals surface area contributed by atoms with Gasteiger partial charge in [-0.1, -0.05) is 42.5 Å². The van der Waals surface area contributed by atoms with E-state index in [1.165, 1.54) is 0 Å². The fourth-order valence-corrected chi connectivity index (χ4v) is 5.41. The van der Waals surface area contributed by atoms with Crippen LogP contribution in [-0.2, 0) is 21.3 Å². The Hall–Kier alpha value is -3.40. The summed E-state index contributed by atoms with van der Waals surface area (Å²) in [6, 6.07) is 20.0. The molecule has 4 aromatic rings. The maximum atomic E-state index is 13.0. The van der Waals surface area contributed by atoms with Crippen LogP contribution in [0.3, 0.4) is 0 Å². The largest absolute Gasteiger partial charge is 0.372 e. The van der Waals surface area contributed by atoms with Crippen molar-refractivity contribution in [3.05, 3.63) is 78.6 Å². The van der Waals surface area contributed by atoms with Crippen molar-refractivity contribution < 1.29 is 13.2 Å². The van der Waals surface area contributed by atoms with E-state index in [1.807, 2.05) is 62.4 Å². The van der Waals surface area contributed by atoms with Crippen molar-refractivity contribution in [2.75, 3.05) is 18.0 Å². The number of ether oxygens (including phenoxy) is 1. The number of benzene rings is 2. The first-order chi connectivity index (χ1) is 16.9. The number of hydrogen-bond acceptors (Lipinski definition) is 7. The molecule has 0 spiro atoms. The van der Waals surface area contributed by atoms with E-state index in [9.17, 15) is 8.42 Å². The minimum Gasteiger partial charge on any atom is -0.372 e. The van der Waals surface area contributed by atoms with Crippen molar-refractivity contribution in [1.29, 1.82) is 0 Å². The van der Waals surface area contributed by atoms with Crippen molar-refractivity contribution in [2.45, 2.75) is 37.5 Å². The lowest BCUT2D eigenvalue weighted by atomic mass is 10.1. The van der Waals surface area contributed by atoms with Crippen LogP contribution < -0.4 is 9.62 Å². The van der Waals surface area contributed by atoms with Crippen molar-refractivity contribution in [2.24, 2.45) is 0 Å². The number of aromatic nitrogens is 3. The Kier molecular flexibility index (Phi) is 6.46. The average molecular weight is 490 g/mol. The van der Waals surface area contributed by atoms with Crippen molar-refractivity contribution in [3.8, 4) is 11.3 Å². The van der Waals surface area contributed by atoms with Gasteiger partial charge in [0.05, 0.1) is 28.3 Å². The molecule has 0 radical (unpaired) electrons. The molecule has 2 aromatic heterocycles. The first kappa shape index (κ1) is 23.3. The smallest absolute Gasteiger partial charge is 0.240 e. The highest BCUT2D eigenvalue weighted by atomic mass is 32.2. The van der Waals surface area contributed by atoms with Crippen LogP contribution in [0, 0.1) is 0 Å². The van der Waals surface area contributed by atoms with Gasteiger partial charge in [-0.3, -0.25) is 0 Å². The third-order valence-corrected chi connectivity index (χ3v) is 7.33. The van der Waals surface area contributed by atoms with Gasteiger partial charge in [-0.05, 0) is 43.7 Å². The van der Waals surface area contributed by atoms with Gasteiger partial charge in [-0.2, -0.15) is 0 Å². The molecule has 5 rings (SSSR count). The first-order valence-corrected chi connectivity index (χ1v) is 13.0. The maximum absolute atomic E-state index is 13.0. The van der Waals surface area contributed by atoms with E-state index in [1.54, 1.807) is 24.5 Å².